The Bertz CT molecular complexity index is 859. The van der Waals surface area contributed by atoms with E-state index in [1.807, 2.05) is 18.2 Å². The lowest BCUT2D eigenvalue weighted by Gasteiger charge is -2.21. The third-order valence-electron chi connectivity index (χ3n) is 4.97. The first-order valence-electron chi connectivity index (χ1n) is 8.46. The molecule has 2 aliphatic rings. The number of carbonyl (C=O) groups is 1. The number of carbonyl (C=O) groups excluding carboxylic acids is 1. The van der Waals surface area contributed by atoms with Crippen LogP contribution in [0.2, 0.25) is 0 Å². The minimum atomic E-state index is -1.12. The largest absolute Gasteiger partial charge is 0.493 e. The fourth-order valence-electron chi connectivity index (χ4n) is 3.63. The Morgan fingerprint density at radius 3 is 2.96 bits per heavy atom. The van der Waals surface area contributed by atoms with Gasteiger partial charge in [0.25, 0.3) is 0 Å². The average Bonchev–Trinajstić information content (AvgIpc) is 3.24. The number of amides is 1. The van der Waals surface area contributed by atoms with Crippen molar-refractivity contribution in [1.29, 1.82) is 0 Å². The number of hydrogen-bond donors (Lipinski definition) is 3. The first kappa shape index (κ1) is 16.9. The molecule has 4 rings (SSSR count). The van der Waals surface area contributed by atoms with Crippen molar-refractivity contribution >= 4 is 11.6 Å². The maximum absolute atomic E-state index is 13.8. The van der Waals surface area contributed by atoms with Crippen molar-refractivity contribution in [2.24, 2.45) is 5.92 Å². The molecule has 2 aliphatic heterocycles. The lowest BCUT2D eigenvalue weighted by Crippen LogP contribution is -2.36. The molecule has 2 heterocycles. The molecule has 1 fully saturated rings. The number of fused-ring (bicyclic) bond motifs is 1. The summed E-state index contributed by atoms with van der Waals surface area (Å²) in [4.78, 5) is 12.7. The predicted molar refractivity (Wildman–Crippen MR) is 90.9 cm³/mol. The quantitative estimate of drug-likeness (QED) is 0.785. The van der Waals surface area contributed by atoms with Crippen LogP contribution in [0.1, 0.15) is 17.0 Å². The Morgan fingerprint density at radius 1 is 1.27 bits per heavy atom. The lowest BCUT2D eigenvalue weighted by atomic mass is 9.86. The third-order valence-corrected chi connectivity index (χ3v) is 4.97. The predicted octanol–water partition coefficient (Wildman–Crippen LogP) is 2.16. The van der Waals surface area contributed by atoms with Crippen LogP contribution in [-0.4, -0.2) is 30.4 Å². The zero-order chi connectivity index (χ0) is 18.3. The number of benzene rings is 2. The van der Waals surface area contributed by atoms with E-state index in [0.717, 1.165) is 29.4 Å². The summed E-state index contributed by atoms with van der Waals surface area (Å²) in [5, 5.41) is 15.5. The molecule has 3 atom stereocenters. The first-order chi connectivity index (χ1) is 12.5. The van der Waals surface area contributed by atoms with E-state index in [-0.39, 0.29) is 11.6 Å². The Kier molecular flexibility index (Phi) is 4.34. The van der Waals surface area contributed by atoms with Gasteiger partial charge >= 0.3 is 0 Å². The maximum atomic E-state index is 13.8. The molecule has 5 nitrogen and oxygen atoms in total. The molecule has 1 amide bonds. The molecular formula is C19H18F2N2O3. The van der Waals surface area contributed by atoms with E-state index in [1.54, 1.807) is 0 Å². The van der Waals surface area contributed by atoms with E-state index in [2.05, 4.69) is 10.6 Å². The Morgan fingerprint density at radius 2 is 2.12 bits per heavy atom. The monoisotopic (exact) mass is 360 g/mol. The van der Waals surface area contributed by atoms with E-state index in [1.165, 1.54) is 12.1 Å². The molecule has 136 valence electrons. The van der Waals surface area contributed by atoms with E-state index >= 15 is 0 Å². The molecule has 1 saturated heterocycles. The maximum Gasteiger partial charge on any atom is 0.232 e. The number of aliphatic hydroxyl groups is 1. The summed E-state index contributed by atoms with van der Waals surface area (Å²) >= 11 is 0. The molecule has 0 aromatic heterocycles. The molecule has 26 heavy (non-hydrogen) atoms. The number of aliphatic hydroxyl groups excluding tert-OH is 1. The third kappa shape index (κ3) is 2.93. The SMILES string of the molecule is O=C(Nc1cccc(F)c1F)[C@H]1C(O)NC[C@@H]1c1ccc2c(c1)CCO2. The summed E-state index contributed by atoms with van der Waals surface area (Å²) in [6, 6.07) is 9.30. The van der Waals surface area contributed by atoms with Gasteiger partial charge in [0, 0.05) is 18.9 Å². The topological polar surface area (TPSA) is 70.6 Å². The van der Waals surface area contributed by atoms with Gasteiger partial charge in [0.1, 0.15) is 12.0 Å². The van der Waals surface area contributed by atoms with Gasteiger partial charge in [0.2, 0.25) is 5.91 Å². The van der Waals surface area contributed by atoms with Crippen LogP contribution in [0.25, 0.3) is 0 Å². The summed E-state index contributed by atoms with van der Waals surface area (Å²) in [5.74, 6) is -2.99. The highest BCUT2D eigenvalue weighted by molar-refractivity contribution is 5.94. The van der Waals surface area contributed by atoms with Crippen LogP contribution in [0, 0.1) is 17.6 Å². The second-order valence-corrected chi connectivity index (χ2v) is 6.54. The molecule has 0 saturated carbocycles. The van der Waals surface area contributed by atoms with Crippen LogP contribution in [-0.2, 0) is 11.2 Å². The standard InChI is InChI=1S/C19H18F2N2O3/c20-13-2-1-3-14(17(13)21)23-19(25)16-12(9-22-18(16)24)10-4-5-15-11(8-10)6-7-26-15/h1-5,8,12,16,18,22,24H,6-7,9H2,(H,23,25)/t12-,16-,18?/m1/s1. The zero-order valence-electron chi connectivity index (χ0n) is 13.8. The molecule has 0 aliphatic carbocycles. The Hall–Kier alpha value is -2.51. The highest BCUT2D eigenvalue weighted by Crippen LogP contribution is 2.36. The normalized spacial score (nSPS) is 24.2. The fourth-order valence-corrected chi connectivity index (χ4v) is 3.63. The summed E-state index contributed by atoms with van der Waals surface area (Å²) in [7, 11) is 0. The zero-order valence-corrected chi connectivity index (χ0v) is 13.8. The van der Waals surface area contributed by atoms with Gasteiger partial charge in [-0.05, 0) is 29.3 Å². The van der Waals surface area contributed by atoms with Crippen molar-refractivity contribution in [3.8, 4) is 5.75 Å². The fraction of sp³-hybridized carbons (Fsp3) is 0.316. The molecule has 0 spiro atoms. The van der Waals surface area contributed by atoms with E-state index in [9.17, 15) is 18.7 Å². The van der Waals surface area contributed by atoms with Crippen molar-refractivity contribution in [3.63, 3.8) is 0 Å². The minimum Gasteiger partial charge on any atom is -0.493 e. The average molecular weight is 360 g/mol. The number of halogens is 2. The number of hydrogen-bond acceptors (Lipinski definition) is 4. The van der Waals surface area contributed by atoms with Gasteiger partial charge < -0.3 is 15.2 Å². The summed E-state index contributed by atoms with van der Waals surface area (Å²) < 4.78 is 32.7. The van der Waals surface area contributed by atoms with Crippen LogP contribution >= 0.6 is 0 Å². The van der Waals surface area contributed by atoms with Crippen molar-refractivity contribution in [1.82, 2.24) is 5.32 Å². The van der Waals surface area contributed by atoms with Gasteiger partial charge in [0.15, 0.2) is 11.6 Å². The van der Waals surface area contributed by atoms with E-state index in [0.29, 0.717) is 13.2 Å². The molecule has 0 radical (unpaired) electrons. The van der Waals surface area contributed by atoms with Crippen molar-refractivity contribution < 1.29 is 23.4 Å². The molecule has 3 N–H and O–H groups in total. The Balaban J connectivity index is 1.59. The molecule has 0 bridgehead atoms. The molecule has 1 unspecified atom stereocenters. The number of rotatable bonds is 3. The lowest BCUT2D eigenvalue weighted by molar-refractivity contribution is -0.123. The van der Waals surface area contributed by atoms with Crippen LogP contribution in [0.5, 0.6) is 5.75 Å². The summed E-state index contributed by atoms with van der Waals surface area (Å²) in [6.45, 7) is 1.04. The van der Waals surface area contributed by atoms with Gasteiger partial charge in [-0.25, -0.2) is 8.78 Å². The van der Waals surface area contributed by atoms with Crippen LogP contribution in [0.3, 0.4) is 0 Å². The summed E-state index contributed by atoms with van der Waals surface area (Å²) in [6.07, 6.45) is -0.266. The van der Waals surface area contributed by atoms with E-state index in [4.69, 9.17) is 4.74 Å². The molecule has 2 aromatic rings. The van der Waals surface area contributed by atoms with Crippen molar-refractivity contribution in [2.45, 2.75) is 18.6 Å². The number of nitrogens with one attached hydrogen (secondary N) is 2. The van der Waals surface area contributed by atoms with E-state index < -0.39 is 29.7 Å². The number of anilines is 1. The van der Waals surface area contributed by atoms with Crippen LogP contribution in [0.4, 0.5) is 14.5 Å². The smallest absolute Gasteiger partial charge is 0.232 e. The van der Waals surface area contributed by atoms with Gasteiger partial charge in [-0.2, -0.15) is 0 Å². The molecular weight excluding hydrogens is 342 g/mol. The highest BCUT2D eigenvalue weighted by Gasteiger charge is 2.41. The minimum absolute atomic E-state index is 0.241. The summed E-state index contributed by atoms with van der Waals surface area (Å²) in [5.41, 5.74) is 1.73. The van der Waals surface area contributed by atoms with Crippen molar-refractivity contribution in [2.75, 3.05) is 18.5 Å². The Labute approximate surface area is 149 Å². The second kappa shape index (κ2) is 6.66. The first-order valence-corrected chi connectivity index (χ1v) is 8.46. The van der Waals surface area contributed by atoms with Crippen molar-refractivity contribution in [3.05, 3.63) is 59.2 Å². The molecule has 7 heteroatoms. The van der Waals surface area contributed by atoms with Gasteiger partial charge in [-0.3, -0.25) is 10.1 Å². The van der Waals surface area contributed by atoms with Gasteiger partial charge in [-0.15, -0.1) is 0 Å². The van der Waals surface area contributed by atoms with Gasteiger partial charge in [0.05, 0.1) is 18.2 Å². The number of ether oxygens (including phenoxy) is 1. The van der Waals surface area contributed by atoms with Crippen LogP contribution < -0.4 is 15.4 Å². The highest BCUT2D eigenvalue weighted by atomic mass is 19.2. The van der Waals surface area contributed by atoms with Crippen LogP contribution in [0.15, 0.2) is 36.4 Å². The molecule has 2 aromatic carbocycles. The second-order valence-electron chi connectivity index (χ2n) is 6.54. The van der Waals surface area contributed by atoms with Gasteiger partial charge in [-0.1, -0.05) is 18.2 Å².